The lowest BCUT2D eigenvalue weighted by Crippen LogP contribution is -2.11. The maximum atomic E-state index is 11.2. The minimum atomic E-state index is 0.254. The summed E-state index contributed by atoms with van der Waals surface area (Å²) in [6.07, 6.45) is 12.5. The number of terminal acetylenes is 1. The molecule has 1 rings (SSSR count). The van der Waals surface area contributed by atoms with Gasteiger partial charge in [0.25, 0.3) is 0 Å². The molecule has 66 valence electrons. The Labute approximate surface area is 74.5 Å². The van der Waals surface area contributed by atoms with Crippen molar-refractivity contribution in [3.8, 4) is 12.3 Å². The van der Waals surface area contributed by atoms with Crippen molar-refractivity contribution in [2.45, 2.75) is 44.9 Å². The highest BCUT2D eigenvalue weighted by atomic mass is 16.1. The highest BCUT2D eigenvalue weighted by molar-refractivity contribution is 5.80. The third-order valence-electron chi connectivity index (χ3n) is 2.54. The van der Waals surface area contributed by atoms with Crippen molar-refractivity contribution in [1.82, 2.24) is 0 Å². The van der Waals surface area contributed by atoms with Gasteiger partial charge in [-0.3, -0.25) is 4.79 Å². The Morgan fingerprint density at radius 3 is 2.58 bits per heavy atom. The fourth-order valence-electron chi connectivity index (χ4n) is 1.90. The van der Waals surface area contributed by atoms with E-state index in [-0.39, 0.29) is 5.78 Å². The molecule has 0 aromatic heterocycles. The standard InChI is InChI=1S/C11H16O/c1-2-6-11(12)9-10-7-4-3-5-8-10/h1,10H,3-9H2. The monoisotopic (exact) mass is 164 g/mol. The molecule has 0 N–H and O–H groups in total. The second kappa shape index (κ2) is 4.98. The molecule has 1 fully saturated rings. The molecule has 0 radical (unpaired) electrons. The molecule has 1 saturated carbocycles. The highest BCUT2D eigenvalue weighted by Crippen LogP contribution is 2.26. The lowest BCUT2D eigenvalue weighted by molar-refractivity contribution is -0.119. The van der Waals surface area contributed by atoms with Crippen LogP contribution in [0.1, 0.15) is 44.9 Å². The summed E-state index contributed by atoms with van der Waals surface area (Å²) >= 11 is 0. The zero-order valence-corrected chi connectivity index (χ0v) is 7.51. The zero-order chi connectivity index (χ0) is 8.81. The third kappa shape index (κ3) is 3.09. The topological polar surface area (TPSA) is 17.1 Å². The lowest BCUT2D eigenvalue weighted by atomic mass is 9.85. The summed E-state index contributed by atoms with van der Waals surface area (Å²) in [6.45, 7) is 0. The van der Waals surface area contributed by atoms with Crippen molar-refractivity contribution in [2.24, 2.45) is 5.92 Å². The number of hydrogen-bond donors (Lipinski definition) is 0. The molecule has 1 nitrogen and oxygen atoms in total. The number of Topliss-reactive ketones (excluding diaryl/α,β-unsaturated/α-hetero) is 1. The Bertz CT molecular complexity index is 182. The van der Waals surface area contributed by atoms with Crippen LogP contribution in [0, 0.1) is 18.3 Å². The normalized spacial score (nSPS) is 18.6. The molecule has 0 amide bonds. The van der Waals surface area contributed by atoms with E-state index in [1.165, 1.54) is 32.1 Å². The van der Waals surface area contributed by atoms with Crippen LogP contribution in [0.5, 0.6) is 0 Å². The first kappa shape index (κ1) is 9.32. The summed E-state index contributed by atoms with van der Waals surface area (Å²) in [6, 6.07) is 0. The van der Waals surface area contributed by atoms with E-state index in [4.69, 9.17) is 6.42 Å². The summed E-state index contributed by atoms with van der Waals surface area (Å²) in [7, 11) is 0. The lowest BCUT2D eigenvalue weighted by Gasteiger charge is -2.20. The maximum absolute atomic E-state index is 11.2. The predicted octanol–water partition coefficient (Wildman–Crippen LogP) is 2.55. The maximum Gasteiger partial charge on any atom is 0.145 e. The van der Waals surface area contributed by atoms with Crippen molar-refractivity contribution >= 4 is 5.78 Å². The van der Waals surface area contributed by atoms with Gasteiger partial charge in [0.15, 0.2) is 0 Å². The molecule has 0 atom stereocenters. The number of carbonyl (C=O) groups is 1. The van der Waals surface area contributed by atoms with Crippen LogP contribution in [0.3, 0.4) is 0 Å². The third-order valence-corrected chi connectivity index (χ3v) is 2.54. The molecule has 1 aliphatic carbocycles. The minimum absolute atomic E-state index is 0.254. The molecule has 1 heteroatoms. The van der Waals surface area contributed by atoms with Crippen molar-refractivity contribution in [2.75, 3.05) is 0 Å². The smallest absolute Gasteiger partial charge is 0.145 e. The van der Waals surface area contributed by atoms with Gasteiger partial charge in [-0.1, -0.05) is 38.0 Å². The van der Waals surface area contributed by atoms with Gasteiger partial charge < -0.3 is 0 Å². The van der Waals surface area contributed by atoms with E-state index >= 15 is 0 Å². The Kier molecular flexibility index (Phi) is 3.87. The van der Waals surface area contributed by atoms with Gasteiger partial charge in [0.1, 0.15) is 5.78 Å². The van der Waals surface area contributed by atoms with E-state index in [9.17, 15) is 4.79 Å². The van der Waals surface area contributed by atoms with Crippen molar-refractivity contribution in [3.05, 3.63) is 0 Å². The molecule has 12 heavy (non-hydrogen) atoms. The Balaban J connectivity index is 2.21. The minimum Gasteiger partial charge on any atom is -0.299 e. The van der Waals surface area contributed by atoms with Gasteiger partial charge in [0, 0.05) is 6.42 Å². The number of ketones is 1. The molecule has 0 unspecified atom stereocenters. The van der Waals surface area contributed by atoms with E-state index in [1.54, 1.807) is 0 Å². The highest BCUT2D eigenvalue weighted by Gasteiger charge is 2.15. The van der Waals surface area contributed by atoms with Crippen LogP contribution in [0.4, 0.5) is 0 Å². The molecule has 0 aromatic carbocycles. The Hall–Kier alpha value is -0.770. The van der Waals surface area contributed by atoms with Gasteiger partial charge in [0.05, 0.1) is 6.42 Å². The molecule has 0 aliphatic heterocycles. The number of hydrogen-bond acceptors (Lipinski definition) is 1. The van der Waals surface area contributed by atoms with E-state index < -0.39 is 0 Å². The van der Waals surface area contributed by atoms with Crippen LogP contribution in [0.25, 0.3) is 0 Å². The molecule has 0 saturated heterocycles. The van der Waals surface area contributed by atoms with Crippen LogP contribution in [-0.4, -0.2) is 5.78 Å². The predicted molar refractivity (Wildman–Crippen MR) is 49.6 cm³/mol. The first-order valence-electron chi connectivity index (χ1n) is 4.78. The van der Waals surface area contributed by atoms with E-state index in [2.05, 4.69) is 5.92 Å². The largest absolute Gasteiger partial charge is 0.299 e. The van der Waals surface area contributed by atoms with Gasteiger partial charge in [-0.05, 0) is 5.92 Å². The summed E-state index contributed by atoms with van der Waals surface area (Å²) in [4.78, 5) is 11.2. The van der Waals surface area contributed by atoms with Crippen LogP contribution in [0.2, 0.25) is 0 Å². The van der Waals surface area contributed by atoms with Crippen LogP contribution in [0.15, 0.2) is 0 Å². The second-order valence-electron chi connectivity index (χ2n) is 3.63. The van der Waals surface area contributed by atoms with Crippen molar-refractivity contribution < 1.29 is 4.79 Å². The van der Waals surface area contributed by atoms with E-state index in [0.29, 0.717) is 12.3 Å². The molecule has 0 aromatic rings. The number of rotatable bonds is 3. The first-order chi connectivity index (χ1) is 5.83. The van der Waals surface area contributed by atoms with Gasteiger partial charge in [-0.2, -0.15) is 0 Å². The van der Waals surface area contributed by atoms with E-state index in [0.717, 1.165) is 6.42 Å². The number of carbonyl (C=O) groups excluding carboxylic acids is 1. The zero-order valence-electron chi connectivity index (χ0n) is 7.51. The fraction of sp³-hybridized carbons (Fsp3) is 0.727. The molecule has 0 spiro atoms. The first-order valence-corrected chi connectivity index (χ1v) is 4.78. The van der Waals surface area contributed by atoms with Crippen molar-refractivity contribution in [3.63, 3.8) is 0 Å². The van der Waals surface area contributed by atoms with E-state index in [1.807, 2.05) is 0 Å². The summed E-state index contributed by atoms with van der Waals surface area (Å²) in [5.74, 6) is 3.30. The Morgan fingerprint density at radius 1 is 1.33 bits per heavy atom. The van der Waals surface area contributed by atoms with Crippen LogP contribution < -0.4 is 0 Å². The summed E-state index contributed by atoms with van der Waals surface area (Å²) < 4.78 is 0. The van der Waals surface area contributed by atoms with Gasteiger partial charge in [0.2, 0.25) is 0 Å². The summed E-state index contributed by atoms with van der Waals surface area (Å²) in [5.41, 5.74) is 0. The van der Waals surface area contributed by atoms with Crippen molar-refractivity contribution in [1.29, 1.82) is 0 Å². The van der Waals surface area contributed by atoms with Gasteiger partial charge >= 0.3 is 0 Å². The molecule has 0 bridgehead atoms. The molecule has 0 heterocycles. The molecule has 1 aliphatic rings. The molecular formula is C11H16O. The average molecular weight is 164 g/mol. The van der Waals surface area contributed by atoms with Gasteiger partial charge in [-0.15, -0.1) is 6.42 Å². The van der Waals surface area contributed by atoms with Gasteiger partial charge in [-0.25, -0.2) is 0 Å². The van der Waals surface area contributed by atoms with Crippen LogP contribution in [-0.2, 0) is 4.79 Å². The van der Waals surface area contributed by atoms with Crippen LogP contribution >= 0.6 is 0 Å². The quantitative estimate of drug-likeness (QED) is 0.586. The average Bonchev–Trinajstić information content (AvgIpc) is 2.06. The molecular weight excluding hydrogens is 148 g/mol. The Morgan fingerprint density at radius 2 is 2.00 bits per heavy atom. The fourth-order valence-corrected chi connectivity index (χ4v) is 1.90. The summed E-state index contributed by atoms with van der Waals surface area (Å²) in [5, 5.41) is 0. The SMILES string of the molecule is C#CCC(=O)CC1CCCCC1. The second-order valence-corrected chi connectivity index (χ2v) is 3.63.